The van der Waals surface area contributed by atoms with E-state index in [1.165, 1.54) is 11.8 Å². The molecule has 5 nitrogen and oxygen atoms in total. The number of nitrogens with one attached hydrogen (secondary N) is 2. The Morgan fingerprint density at radius 1 is 1.60 bits per heavy atom. The van der Waals surface area contributed by atoms with Gasteiger partial charge in [-0.05, 0) is 6.92 Å². The summed E-state index contributed by atoms with van der Waals surface area (Å²) in [5, 5.41) is 9.99. The number of thioether (sulfide) groups is 1. The zero-order valence-corrected chi connectivity index (χ0v) is 9.56. The van der Waals surface area contributed by atoms with E-state index in [0.717, 1.165) is 5.75 Å². The maximum Gasteiger partial charge on any atom is 0.311 e. The molecule has 0 aromatic heterocycles. The summed E-state index contributed by atoms with van der Waals surface area (Å²) in [6, 6.07) is 0. The second kappa shape index (κ2) is 9.51. The van der Waals surface area contributed by atoms with Crippen molar-refractivity contribution in [1.29, 1.82) is 5.41 Å². The van der Waals surface area contributed by atoms with Crippen molar-refractivity contribution < 1.29 is 14.3 Å². The normalized spacial score (nSPS) is 9.40. The lowest BCUT2D eigenvalue weighted by molar-refractivity contribution is -0.141. The molecule has 0 spiro atoms. The molecular formula is C9H16N2O3S. The SMILES string of the molecule is CCOC(=O)CC(=N)CSCCNC=O. The van der Waals surface area contributed by atoms with Gasteiger partial charge in [0.25, 0.3) is 0 Å². The van der Waals surface area contributed by atoms with Gasteiger partial charge in [0.05, 0.1) is 13.0 Å². The summed E-state index contributed by atoms with van der Waals surface area (Å²) in [6.07, 6.45) is 0.701. The maximum atomic E-state index is 11.0. The fourth-order valence-corrected chi connectivity index (χ4v) is 1.58. The van der Waals surface area contributed by atoms with Gasteiger partial charge in [0, 0.05) is 23.8 Å². The van der Waals surface area contributed by atoms with Crippen LogP contribution in [-0.4, -0.2) is 42.7 Å². The Bertz CT molecular complexity index is 221. The minimum atomic E-state index is -0.353. The molecule has 0 bridgehead atoms. The van der Waals surface area contributed by atoms with Gasteiger partial charge in [-0.25, -0.2) is 0 Å². The van der Waals surface area contributed by atoms with Crippen LogP contribution in [0.3, 0.4) is 0 Å². The lowest BCUT2D eigenvalue weighted by atomic mass is 10.3. The van der Waals surface area contributed by atoms with E-state index < -0.39 is 0 Å². The Morgan fingerprint density at radius 3 is 2.93 bits per heavy atom. The Hall–Kier alpha value is -1.04. The van der Waals surface area contributed by atoms with Gasteiger partial charge in [0.2, 0.25) is 6.41 Å². The third-order valence-electron chi connectivity index (χ3n) is 1.41. The van der Waals surface area contributed by atoms with Crippen LogP contribution in [0, 0.1) is 5.41 Å². The molecule has 0 heterocycles. The molecule has 0 radical (unpaired) electrons. The first-order chi connectivity index (χ1) is 7.20. The van der Waals surface area contributed by atoms with Crippen molar-refractivity contribution in [1.82, 2.24) is 5.32 Å². The van der Waals surface area contributed by atoms with Crippen LogP contribution < -0.4 is 5.32 Å². The summed E-state index contributed by atoms with van der Waals surface area (Å²) in [5.41, 5.74) is 0.351. The van der Waals surface area contributed by atoms with Gasteiger partial charge in [-0.3, -0.25) is 9.59 Å². The van der Waals surface area contributed by atoms with E-state index in [-0.39, 0.29) is 12.4 Å². The van der Waals surface area contributed by atoms with Crippen LogP contribution in [0.4, 0.5) is 0 Å². The highest BCUT2D eigenvalue weighted by atomic mass is 32.2. The maximum absolute atomic E-state index is 11.0. The molecule has 6 heteroatoms. The van der Waals surface area contributed by atoms with Crippen molar-refractivity contribution in [2.24, 2.45) is 0 Å². The second-order valence-electron chi connectivity index (χ2n) is 2.71. The summed E-state index contributed by atoms with van der Waals surface area (Å²) in [6.45, 7) is 2.67. The highest BCUT2D eigenvalue weighted by Crippen LogP contribution is 2.01. The Labute approximate surface area is 93.5 Å². The average molecular weight is 232 g/mol. The highest BCUT2D eigenvalue weighted by molar-refractivity contribution is 7.99. The van der Waals surface area contributed by atoms with Crippen molar-refractivity contribution >= 4 is 29.9 Å². The monoisotopic (exact) mass is 232 g/mol. The van der Waals surface area contributed by atoms with Crippen molar-refractivity contribution in [2.75, 3.05) is 24.7 Å². The Kier molecular flexibility index (Phi) is 8.85. The molecule has 0 unspecified atom stereocenters. The predicted molar refractivity (Wildman–Crippen MR) is 60.4 cm³/mol. The molecule has 0 aliphatic carbocycles. The zero-order valence-electron chi connectivity index (χ0n) is 8.75. The molecule has 0 rings (SSSR count). The lowest BCUT2D eigenvalue weighted by Gasteiger charge is -2.03. The van der Waals surface area contributed by atoms with E-state index in [2.05, 4.69) is 5.32 Å². The molecule has 0 atom stereocenters. The van der Waals surface area contributed by atoms with E-state index >= 15 is 0 Å². The number of carbonyl (C=O) groups is 2. The van der Waals surface area contributed by atoms with Gasteiger partial charge in [-0.1, -0.05) is 0 Å². The minimum absolute atomic E-state index is 0.0575. The average Bonchev–Trinajstić information content (AvgIpc) is 2.17. The first kappa shape index (κ1) is 14.0. The Balaban J connectivity index is 3.40. The molecule has 0 saturated carbocycles. The first-order valence-electron chi connectivity index (χ1n) is 4.67. The van der Waals surface area contributed by atoms with Gasteiger partial charge in [-0.2, -0.15) is 11.8 Å². The van der Waals surface area contributed by atoms with E-state index in [9.17, 15) is 9.59 Å². The van der Waals surface area contributed by atoms with Crippen LogP contribution in [0.25, 0.3) is 0 Å². The van der Waals surface area contributed by atoms with Gasteiger partial charge >= 0.3 is 5.97 Å². The summed E-state index contributed by atoms with van der Waals surface area (Å²) in [7, 11) is 0. The summed E-state index contributed by atoms with van der Waals surface area (Å²) in [4.78, 5) is 20.9. The summed E-state index contributed by atoms with van der Waals surface area (Å²) >= 11 is 1.51. The molecule has 86 valence electrons. The van der Waals surface area contributed by atoms with Crippen LogP contribution in [0.1, 0.15) is 13.3 Å². The quantitative estimate of drug-likeness (QED) is 0.262. The van der Waals surface area contributed by atoms with Crippen LogP contribution in [-0.2, 0) is 14.3 Å². The van der Waals surface area contributed by atoms with E-state index in [1.54, 1.807) is 6.92 Å². The second-order valence-corrected chi connectivity index (χ2v) is 3.82. The van der Waals surface area contributed by atoms with Gasteiger partial charge in [0.15, 0.2) is 0 Å². The predicted octanol–water partition coefficient (Wildman–Crippen LogP) is 0.439. The topological polar surface area (TPSA) is 79.2 Å². The molecule has 0 aliphatic rings. The van der Waals surface area contributed by atoms with Gasteiger partial charge in [-0.15, -0.1) is 0 Å². The summed E-state index contributed by atoms with van der Waals surface area (Å²) in [5.74, 6) is 0.887. The third-order valence-corrected chi connectivity index (χ3v) is 2.46. The van der Waals surface area contributed by atoms with Crippen LogP contribution in [0.5, 0.6) is 0 Å². The number of rotatable bonds is 9. The van der Waals surface area contributed by atoms with Gasteiger partial charge in [0.1, 0.15) is 0 Å². The molecule has 0 aliphatic heterocycles. The number of amides is 1. The summed E-state index contributed by atoms with van der Waals surface area (Å²) < 4.78 is 4.71. The van der Waals surface area contributed by atoms with E-state index in [4.69, 9.17) is 10.1 Å². The minimum Gasteiger partial charge on any atom is -0.466 e. The zero-order chi connectivity index (χ0) is 11.5. The number of hydrogen-bond acceptors (Lipinski definition) is 5. The first-order valence-corrected chi connectivity index (χ1v) is 5.82. The van der Waals surface area contributed by atoms with Crippen molar-refractivity contribution in [2.45, 2.75) is 13.3 Å². The van der Waals surface area contributed by atoms with Crippen LogP contribution in [0.2, 0.25) is 0 Å². The highest BCUT2D eigenvalue weighted by Gasteiger charge is 2.06. The third kappa shape index (κ3) is 9.27. The van der Waals surface area contributed by atoms with Crippen LogP contribution in [0.15, 0.2) is 0 Å². The van der Waals surface area contributed by atoms with Gasteiger partial charge < -0.3 is 15.5 Å². The smallest absolute Gasteiger partial charge is 0.311 e. The number of carbonyl (C=O) groups excluding carboxylic acids is 2. The van der Waals surface area contributed by atoms with Crippen molar-refractivity contribution in [3.8, 4) is 0 Å². The molecule has 1 amide bonds. The molecule has 0 saturated heterocycles. The molecule has 0 fully saturated rings. The van der Waals surface area contributed by atoms with E-state index in [1.807, 2.05) is 0 Å². The number of esters is 1. The molecule has 2 N–H and O–H groups in total. The lowest BCUT2D eigenvalue weighted by Crippen LogP contribution is -2.16. The number of hydrogen-bond donors (Lipinski definition) is 2. The molecule has 0 aromatic carbocycles. The molecule has 0 aromatic rings. The van der Waals surface area contributed by atoms with E-state index in [0.29, 0.717) is 31.0 Å². The fraction of sp³-hybridized carbons (Fsp3) is 0.667. The Morgan fingerprint density at radius 2 is 2.33 bits per heavy atom. The van der Waals surface area contributed by atoms with Crippen molar-refractivity contribution in [3.63, 3.8) is 0 Å². The molecular weight excluding hydrogens is 216 g/mol. The fourth-order valence-electron chi connectivity index (χ4n) is 0.823. The van der Waals surface area contributed by atoms with Crippen molar-refractivity contribution in [3.05, 3.63) is 0 Å². The number of ether oxygens (including phenoxy) is 1. The molecule has 15 heavy (non-hydrogen) atoms. The largest absolute Gasteiger partial charge is 0.466 e. The standard InChI is InChI=1S/C9H16N2O3S/c1-2-14-9(13)5-8(10)6-15-4-3-11-7-12/h7,10H,2-6H2,1H3,(H,11,12). The van der Waals surface area contributed by atoms with Crippen LogP contribution >= 0.6 is 11.8 Å².